The first-order valence-electron chi connectivity index (χ1n) is 10.6. The predicted octanol–water partition coefficient (Wildman–Crippen LogP) is 4.34. The zero-order valence-corrected chi connectivity index (χ0v) is 17.0. The van der Waals surface area contributed by atoms with Crippen molar-refractivity contribution >= 4 is 5.91 Å². The fraction of sp³-hybridized carbons (Fsp3) is 0.682. The maximum atomic E-state index is 12.7. The molecule has 4 atom stereocenters. The third-order valence-electron chi connectivity index (χ3n) is 6.92. The monoisotopic (exact) mass is 410 g/mol. The van der Waals surface area contributed by atoms with E-state index in [4.69, 9.17) is 4.74 Å². The van der Waals surface area contributed by atoms with Crippen LogP contribution >= 0.6 is 0 Å². The van der Waals surface area contributed by atoms with Crippen LogP contribution in [0, 0.1) is 11.8 Å². The summed E-state index contributed by atoms with van der Waals surface area (Å²) in [6.45, 7) is 5.44. The van der Waals surface area contributed by atoms with E-state index in [0.717, 1.165) is 43.4 Å². The molecule has 160 valence electrons. The van der Waals surface area contributed by atoms with E-state index in [9.17, 15) is 18.0 Å². The number of rotatable bonds is 4. The lowest BCUT2D eigenvalue weighted by Crippen LogP contribution is -2.62. The van der Waals surface area contributed by atoms with Crippen LogP contribution in [-0.4, -0.2) is 35.2 Å². The molecule has 3 aliphatic rings. The molecule has 3 fully saturated rings. The van der Waals surface area contributed by atoms with E-state index >= 15 is 0 Å². The van der Waals surface area contributed by atoms with E-state index in [-0.39, 0.29) is 18.0 Å². The van der Waals surface area contributed by atoms with Gasteiger partial charge in [-0.25, -0.2) is 0 Å². The lowest BCUT2D eigenvalue weighted by Gasteiger charge is -2.52. The van der Waals surface area contributed by atoms with Gasteiger partial charge in [-0.15, -0.1) is 0 Å². The van der Waals surface area contributed by atoms with Crippen molar-refractivity contribution in [2.24, 2.45) is 11.8 Å². The number of hydrogen-bond donors (Lipinski definition) is 1. The molecule has 1 N–H and O–H groups in total. The molecule has 4 nitrogen and oxygen atoms in total. The summed E-state index contributed by atoms with van der Waals surface area (Å²) in [6, 6.07) is 5.78. The largest absolute Gasteiger partial charge is 0.416 e. The Balaban J connectivity index is 1.39. The van der Waals surface area contributed by atoms with Gasteiger partial charge in [0.05, 0.1) is 18.2 Å². The SMILES string of the molecule is CC(C)[C@H]1CO[C@]23CC[C@H](NCc4ccc(C(F)(F)F)cc4)C[C@H]2CCC(=O)N13. The molecule has 4 rings (SSSR count). The van der Waals surface area contributed by atoms with Gasteiger partial charge >= 0.3 is 6.18 Å². The van der Waals surface area contributed by atoms with Crippen molar-refractivity contribution in [3.8, 4) is 0 Å². The number of nitrogens with zero attached hydrogens (tertiary/aromatic N) is 1. The Bertz CT molecular complexity index is 749. The molecule has 1 amide bonds. The Labute approximate surface area is 169 Å². The summed E-state index contributed by atoms with van der Waals surface area (Å²) in [5.41, 5.74) is -0.224. The third-order valence-corrected chi connectivity index (χ3v) is 6.92. The lowest BCUT2D eigenvalue weighted by molar-refractivity contribution is -0.188. The number of ether oxygens (including phenoxy) is 1. The Morgan fingerprint density at radius 1 is 1.24 bits per heavy atom. The molecule has 29 heavy (non-hydrogen) atoms. The molecule has 0 aromatic heterocycles. The minimum absolute atomic E-state index is 0.155. The van der Waals surface area contributed by atoms with E-state index in [0.29, 0.717) is 31.4 Å². The first-order valence-corrected chi connectivity index (χ1v) is 10.6. The van der Waals surface area contributed by atoms with E-state index in [2.05, 4.69) is 24.1 Å². The Morgan fingerprint density at radius 2 is 1.97 bits per heavy atom. The van der Waals surface area contributed by atoms with Crippen LogP contribution in [0.15, 0.2) is 24.3 Å². The van der Waals surface area contributed by atoms with Gasteiger partial charge in [0.15, 0.2) is 0 Å². The van der Waals surface area contributed by atoms with Gasteiger partial charge in [-0.05, 0) is 49.3 Å². The molecular formula is C22H29F3N2O2. The van der Waals surface area contributed by atoms with Crippen molar-refractivity contribution in [1.82, 2.24) is 10.2 Å². The second-order valence-corrected chi connectivity index (χ2v) is 9.01. The summed E-state index contributed by atoms with van der Waals surface area (Å²) in [5.74, 6) is 0.893. The van der Waals surface area contributed by atoms with E-state index in [1.165, 1.54) is 12.1 Å². The minimum Gasteiger partial charge on any atom is -0.353 e. The van der Waals surface area contributed by atoms with Crippen LogP contribution in [0.25, 0.3) is 0 Å². The van der Waals surface area contributed by atoms with Crippen LogP contribution in [-0.2, 0) is 22.3 Å². The first-order chi connectivity index (χ1) is 13.7. The number of amides is 1. The van der Waals surface area contributed by atoms with Gasteiger partial charge in [-0.2, -0.15) is 13.2 Å². The van der Waals surface area contributed by atoms with Gasteiger partial charge in [0.25, 0.3) is 0 Å². The summed E-state index contributed by atoms with van der Waals surface area (Å²) in [4.78, 5) is 14.7. The molecule has 1 aromatic carbocycles. The second kappa shape index (κ2) is 7.58. The molecule has 1 spiro atoms. The molecule has 2 heterocycles. The molecule has 0 bridgehead atoms. The van der Waals surface area contributed by atoms with Crippen molar-refractivity contribution in [2.75, 3.05) is 6.61 Å². The zero-order chi connectivity index (χ0) is 20.8. The Kier molecular flexibility index (Phi) is 5.40. The highest BCUT2D eigenvalue weighted by atomic mass is 19.4. The number of carbonyl (C=O) groups is 1. The fourth-order valence-electron chi connectivity index (χ4n) is 5.30. The average molecular weight is 410 g/mol. The fourth-order valence-corrected chi connectivity index (χ4v) is 5.30. The third kappa shape index (κ3) is 3.79. The highest BCUT2D eigenvalue weighted by Gasteiger charge is 2.59. The van der Waals surface area contributed by atoms with Gasteiger partial charge in [-0.3, -0.25) is 4.79 Å². The molecule has 2 aliphatic heterocycles. The predicted molar refractivity (Wildman–Crippen MR) is 103 cm³/mol. The van der Waals surface area contributed by atoms with Crippen LogP contribution in [0.2, 0.25) is 0 Å². The van der Waals surface area contributed by atoms with Crippen molar-refractivity contribution in [3.63, 3.8) is 0 Å². The standard InChI is InChI=1S/C22H29F3N2O2/c1-14(2)19-13-29-21-10-9-18(11-17(21)7-8-20(28)27(19)21)26-12-15-3-5-16(6-4-15)22(23,24)25/h3-6,14,17-19,26H,7-13H2,1-2H3/t17-,18+,19-,21-/m1/s1. The normalized spacial score (nSPS) is 32.4. The number of carbonyl (C=O) groups excluding carboxylic acids is 1. The number of benzene rings is 1. The molecule has 1 aromatic rings. The number of hydrogen-bond acceptors (Lipinski definition) is 3. The van der Waals surface area contributed by atoms with Crippen LogP contribution in [0.1, 0.15) is 57.1 Å². The Hall–Kier alpha value is -1.60. The maximum Gasteiger partial charge on any atom is 0.416 e. The van der Waals surface area contributed by atoms with E-state index < -0.39 is 17.5 Å². The number of halogens is 3. The van der Waals surface area contributed by atoms with Crippen molar-refractivity contribution in [2.45, 2.75) is 76.5 Å². The van der Waals surface area contributed by atoms with Crippen LogP contribution < -0.4 is 5.32 Å². The first kappa shape index (κ1) is 20.7. The summed E-state index contributed by atoms with van der Waals surface area (Å²) >= 11 is 0. The quantitative estimate of drug-likeness (QED) is 0.803. The second-order valence-electron chi connectivity index (χ2n) is 9.01. The maximum absolute atomic E-state index is 12.7. The molecule has 1 saturated carbocycles. The highest BCUT2D eigenvalue weighted by molar-refractivity contribution is 5.78. The number of piperidine rings is 1. The van der Waals surface area contributed by atoms with Crippen LogP contribution in [0.3, 0.4) is 0 Å². The molecule has 1 aliphatic carbocycles. The lowest BCUT2D eigenvalue weighted by atomic mass is 9.72. The number of alkyl halides is 3. The van der Waals surface area contributed by atoms with E-state index in [1.807, 2.05) is 0 Å². The van der Waals surface area contributed by atoms with E-state index in [1.54, 1.807) is 0 Å². The summed E-state index contributed by atoms with van der Waals surface area (Å²) in [7, 11) is 0. The van der Waals surface area contributed by atoms with Crippen LogP contribution in [0.5, 0.6) is 0 Å². The molecule has 7 heteroatoms. The smallest absolute Gasteiger partial charge is 0.353 e. The van der Waals surface area contributed by atoms with Crippen molar-refractivity contribution < 1.29 is 22.7 Å². The van der Waals surface area contributed by atoms with Gasteiger partial charge < -0.3 is 15.0 Å². The van der Waals surface area contributed by atoms with Crippen LogP contribution in [0.4, 0.5) is 13.2 Å². The summed E-state index contributed by atoms with van der Waals surface area (Å²) < 4.78 is 44.4. The van der Waals surface area contributed by atoms with Gasteiger partial charge in [0.2, 0.25) is 5.91 Å². The van der Waals surface area contributed by atoms with Crippen molar-refractivity contribution in [1.29, 1.82) is 0 Å². The topological polar surface area (TPSA) is 41.6 Å². The molecular weight excluding hydrogens is 381 g/mol. The molecule has 2 saturated heterocycles. The Morgan fingerprint density at radius 3 is 2.62 bits per heavy atom. The summed E-state index contributed by atoms with van der Waals surface area (Å²) in [5, 5.41) is 3.51. The van der Waals surface area contributed by atoms with Gasteiger partial charge in [-0.1, -0.05) is 26.0 Å². The minimum atomic E-state index is -4.30. The molecule has 0 unspecified atom stereocenters. The van der Waals surface area contributed by atoms with Gasteiger partial charge in [0.1, 0.15) is 5.72 Å². The van der Waals surface area contributed by atoms with Gasteiger partial charge in [0, 0.05) is 24.9 Å². The zero-order valence-electron chi connectivity index (χ0n) is 17.0. The summed E-state index contributed by atoms with van der Waals surface area (Å²) in [6.07, 6.45) is -0.245. The highest BCUT2D eigenvalue weighted by Crippen LogP contribution is 2.50. The average Bonchev–Trinajstić information content (AvgIpc) is 3.07. The van der Waals surface area contributed by atoms with Crippen molar-refractivity contribution in [3.05, 3.63) is 35.4 Å². The molecule has 0 radical (unpaired) electrons. The number of nitrogens with one attached hydrogen (secondary N) is 1.